The second-order valence-corrected chi connectivity index (χ2v) is 4.22. The molecule has 1 N–H and O–H groups in total. The average Bonchev–Trinajstić information content (AvgIpc) is 2.92. The number of nitrogens with one attached hydrogen (secondary N) is 1. The first-order chi connectivity index (χ1) is 9.13. The maximum Gasteiger partial charge on any atom is 0.341 e. The van der Waals surface area contributed by atoms with Gasteiger partial charge in [0.2, 0.25) is 0 Å². The summed E-state index contributed by atoms with van der Waals surface area (Å²) >= 11 is 0. The third-order valence-corrected chi connectivity index (χ3v) is 2.50. The number of ether oxygens (including phenoxy) is 1. The Kier molecular flexibility index (Phi) is 3.84. The van der Waals surface area contributed by atoms with Gasteiger partial charge in [-0.1, -0.05) is 13.8 Å². The van der Waals surface area contributed by atoms with Gasteiger partial charge in [0.1, 0.15) is 5.69 Å². The van der Waals surface area contributed by atoms with Crippen molar-refractivity contribution in [1.29, 1.82) is 0 Å². The summed E-state index contributed by atoms with van der Waals surface area (Å²) in [6.45, 7) is 5.99. The Balaban J connectivity index is 2.44. The molecular formula is C12H15N5O2. The lowest BCUT2D eigenvalue weighted by Crippen LogP contribution is -2.12. The molecule has 0 aliphatic carbocycles. The van der Waals surface area contributed by atoms with Crippen LogP contribution in [0.2, 0.25) is 0 Å². The van der Waals surface area contributed by atoms with Crippen LogP contribution < -0.4 is 0 Å². The fourth-order valence-corrected chi connectivity index (χ4v) is 1.63. The molecule has 2 aromatic rings. The second kappa shape index (κ2) is 5.55. The Bertz CT molecular complexity index is 566. The fourth-order valence-electron chi connectivity index (χ4n) is 1.63. The number of carbonyl (C=O) groups excluding carboxylic acids is 1. The Morgan fingerprint density at radius 3 is 2.79 bits per heavy atom. The van der Waals surface area contributed by atoms with Gasteiger partial charge in [-0.05, 0) is 12.8 Å². The van der Waals surface area contributed by atoms with Crippen LogP contribution in [0.1, 0.15) is 42.7 Å². The minimum atomic E-state index is -0.405. The summed E-state index contributed by atoms with van der Waals surface area (Å²) in [5.41, 5.74) is 1.58. The first-order valence-electron chi connectivity index (χ1n) is 6.03. The summed E-state index contributed by atoms with van der Waals surface area (Å²) in [6, 6.07) is 0. The number of hydrogen-bond acceptors (Lipinski definition) is 6. The lowest BCUT2D eigenvalue weighted by molar-refractivity contribution is 0.0523. The molecule has 2 heterocycles. The van der Waals surface area contributed by atoms with Gasteiger partial charge in [0.05, 0.1) is 24.1 Å². The van der Waals surface area contributed by atoms with Crippen molar-refractivity contribution < 1.29 is 9.53 Å². The van der Waals surface area contributed by atoms with Crippen LogP contribution >= 0.6 is 0 Å². The molecule has 7 heteroatoms. The van der Waals surface area contributed by atoms with E-state index in [-0.39, 0.29) is 5.92 Å². The molecule has 2 aromatic heterocycles. The molecule has 0 saturated heterocycles. The highest BCUT2D eigenvalue weighted by Crippen LogP contribution is 2.20. The summed E-state index contributed by atoms with van der Waals surface area (Å²) in [5, 5.41) is 10.1. The number of carbonyl (C=O) groups is 1. The molecule has 0 aromatic carbocycles. The Hall–Kier alpha value is -2.31. The molecule has 2 rings (SSSR count). The highest BCUT2D eigenvalue weighted by Gasteiger charge is 2.19. The van der Waals surface area contributed by atoms with E-state index in [9.17, 15) is 4.79 Å². The number of hydrogen-bond donors (Lipinski definition) is 1. The number of aromatic amines is 1. The lowest BCUT2D eigenvalue weighted by Gasteiger charge is -2.11. The van der Waals surface area contributed by atoms with Crippen LogP contribution in [0, 0.1) is 0 Å². The summed E-state index contributed by atoms with van der Waals surface area (Å²) < 4.78 is 5.00. The maximum atomic E-state index is 11.8. The van der Waals surface area contributed by atoms with Gasteiger partial charge in [-0.2, -0.15) is 15.4 Å². The fraction of sp³-hybridized carbons (Fsp3) is 0.417. The zero-order valence-electron chi connectivity index (χ0n) is 11.0. The highest BCUT2D eigenvalue weighted by molar-refractivity contribution is 5.90. The van der Waals surface area contributed by atoms with Crippen LogP contribution in [-0.4, -0.2) is 38.0 Å². The predicted octanol–water partition coefficient (Wildman–Crippen LogP) is 1.56. The van der Waals surface area contributed by atoms with E-state index in [1.54, 1.807) is 6.92 Å². The molecule has 0 radical (unpaired) electrons. The van der Waals surface area contributed by atoms with Crippen molar-refractivity contribution in [3.05, 3.63) is 23.7 Å². The molecule has 0 atom stereocenters. The van der Waals surface area contributed by atoms with Crippen LogP contribution in [0.25, 0.3) is 11.5 Å². The van der Waals surface area contributed by atoms with Gasteiger partial charge in [0, 0.05) is 6.20 Å². The van der Waals surface area contributed by atoms with E-state index >= 15 is 0 Å². The number of H-pyrrole nitrogens is 1. The molecule has 100 valence electrons. The standard InChI is InChI=1S/C12H15N5O2/c1-4-19-12(18)8-5-13-11(9-6-14-17-16-9)15-10(8)7(2)3/h5-7H,4H2,1-3H3,(H,14,16,17). The van der Waals surface area contributed by atoms with Gasteiger partial charge in [-0.25, -0.2) is 14.8 Å². The molecule has 0 bridgehead atoms. The van der Waals surface area contributed by atoms with Crippen molar-refractivity contribution in [2.24, 2.45) is 0 Å². The predicted molar refractivity (Wildman–Crippen MR) is 67.5 cm³/mol. The van der Waals surface area contributed by atoms with Crippen molar-refractivity contribution >= 4 is 5.97 Å². The molecule has 0 spiro atoms. The SMILES string of the molecule is CCOC(=O)c1cnc(-c2cn[nH]n2)nc1C(C)C. The summed E-state index contributed by atoms with van der Waals surface area (Å²) in [6.07, 6.45) is 3.01. The molecule has 0 unspecified atom stereocenters. The van der Waals surface area contributed by atoms with Crippen LogP contribution in [-0.2, 0) is 4.74 Å². The quantitative estimate of drug-likeness (QED) is 0.839. The first kappa shape index (κ1) is 13.1. The highest BCUT2D eigenvalue weighted by atomic mass is 16.5. The van der Waals surface area contributed by atoms with E-state index in [1.165, 1.54) is 12.4 Å². The Morgan fingerprint density at radius 1 is 1.42 bits per heavy atom. The molecular weight excluding hydrogens is 246 g/mol. The number of esters is 1. The van der Waals surface area contributed by atoms with Gasteiger partial charge >= 0.3 is 5.97 Å². The topological polar surface area (TPSA) is 93.7 Å². The van der Waals surface area contributed by atoms with Gasteiger partial charge in [0.25, 0.3) is 0 Å². The molecule has 0 saturated carbocycles. The van der Waals surface area contributed by atoms with E-state index in [1.807, 2.05) is 13.8 Å². The maximum absolute atomic E-state index is 11.8. The van der Waals surface area contributed by atoms with Crippen LogP contribution in [0.5, 0.6) is 0 Å². The van der Waals surface area contributed by atoms with Crippen molar-refractivity contribution in [3.63, 3.8) is 0 Å². The van der Waals surface area contributed by atoms with Gasteiger partial charge in [-0.3, -0.25) is 0 Å². The summed E-state index contributed by atoms with van der Waals surface area (Å²) in [4.78, 5) is 20.3. The van der Waals surface area contributed by atoms with Crippen molar-refractivity contribution in [1.82, 2.24) is 25.4 Å². The Labute approximate surface area is 110 Å². The number of rotatable bonds is 4. The van der Waals surface area contributed by atoms with Crippen LogP contribution in [0.15, 0.2) is 12.4 Å². The third kappa shape index (κ3) is 2.75. The normalized spacial score (nSPS) is 10.7. The van der Waals surface area contributed by atoms with E-state index in [0.29, 0.717) is 29.4 Å². The van der Waals surface area contributed by atoms with Crippen molar-refractivity contribution in [2.45, 2.75) is 26.7 Å². The van der Waals surface area contributed by atoms with Crippen molar-refractivity contribution in [3.8, 4) is 11.5 Å². The van der Waals surface area contributed by atoms with Gasteiger partial charge in [-0.15, -0.1) is 0 Å². The zero-order valence-corrected chi connectivity index (χ0v) is 11.0. The molecule has 19 heavy (non-hydrogen) atoms. The smallest absolute Gasteiger partial charge is 0.341 e. The molecule has 0 aliphatic rings. The number of aromatic nitrogens is 5. The van der Waals surface area contributed by atoms with E-state index < -0.39 is 5.97 Å². The van der Waals surface area contributed by atoms with E-state index in [2.05, 4.69) is 25.4 Å². The zero-order chi connectivity index (χ0) is 13.8. The number of nitrogens with zero attached hydrogens (tertiary/aromatic N) is 4. The first-order valence-corrected chi connectivity index (χ1v) is 6.03. The van der Waals surface area contributed by atoms with Crippen LogP contribution in [0.4, 0.5) is 0 Å². The van der Waals surface area contributed by atoms with Gasteiger partial charge < -0.3 is 4.74 Å². The molecule has 0 amide bonds. The monoisotopic (exact) mass is 261 g/mol. The summed E-state index contributed by atoms with van der Waals surface area (Å²) in [5.74, 6) is 0.108. The third-order valence-electron chi connectivity index (χ3n) is 2.50. The lowest BCUT2D eigenvalue weighted by atomic mass is 10.1. The largest absolute Gasteiger partial charge is 0.462 e. The van der Waals surface area contributed by atoms with Gasteiger partial charge in [0.15, 0.2) is 5.82 Å². The van der Waals surface area contributed by atoms with E-state index in [0.717, 1.165) is 0 Å². The molecule has 7 nitrogen and oxygen atoms in total. The van der Waals surface area contributed by atoms with Crippen molar-refractivity contribution in [2.75, 3.05) is 6.61 Å². The minimum Gasteiger partial charge on any atom is -0.462 e. The molecule has 0 aliphatic heterocycles. The second-order valence-electron chi connectivity index (χ2n) is 4.22. The van der Waals surface area contributed by atoms with E-state index in [4.69, 9.17) is 4.74 Å². The average molecular weight is 261 g/mol. The Morgan fingerprint density at radius 2 is 2.21 bits per heavy atom. The summed E-state index contributed by atoms with van der Waals surface area (Å²) in [7, 11) is 0. The molecule has 0 fully saturated rings. The minimum absolute atomic E-state index is 0.0769. The van der Waals surface area contributed by atoms with Crippen LogP contribution in [0.3, 0.4) is 0 Å².